The first kappa shape index (κ1) is 34.9. The lowest BCUT2D eigenvalue weighted by molar-refractivity contribution is 0.221. The van der Waals surface area contributed by atoms with Gasteiger partial charge in [-0.3, -0.25) is 4.90 Å². The minimum Gasteiger partial charge on any atom is -0.354 e. The van der Waals surface area contributed by atoms with Crippen molar-refractivity contribution in [2.75, 3.05) is 25.0 Å². The fourth-order valence-electron chi connectivity index (χ4n) is 5.00. The van der Waals surface area contributed by atoms with Crippen molar-refractivity contribution >= 4 is 11.4 Å². The van der Waals surface area contributed by atoms with E-state index in [1.165, 1.54) is 65.7 Å². The van der Waals surface area contributed by atoms with Gasteiger partial charge in [0.1, 0.15) is 0 Å². The first-order valence-corrected chi connectivity index (χ1v) is 15.0. The molecular formula is C36H56N4. The Morgan fingerprint density at radius 2 is 1.60 bits per heavy atom. The van der Waals surface area contributed by atoms with Gasteiger partial charge in [0.25, 0.3) is 0 Å². The van der Waals surface area contributed by atoms with Crippen LogP contribution in [-0.2, 0) is 6.54 Å². The van der Waals surface area contributed by atoms with Crippen LogP contribution < -0.4 is 10.7 Å². The second-order valence-electron chi connectivity index (χ2n) is 10.7. The molecule has 4 rings (SSSR count). The first-order chi connectivity index (χ1) is 19.2. The smallest absolute Gasteiger partial charge is 0.0865 e. The minimum atomic E-state index is 0.391. The molecule has 0 spiro atoms. The number of allylic oxidation sites excluding steroid dienone is 2. The van der Waals surface area contributed by atoms with E-state index in [9.17, 15) is 0 Å². The number of nitrogens with zero attached hydrogens (tertiary/aromatic N) is 2. The Bertz CT molecular complexity index is 1090. The summed E-state index contributed by atoms with van der Waals surface area (Å²) in [5, 5.41) is 8.05. The number of aryl methyl sites for hydroxylation is 4. The largest absolute Gasteiger partial charge is 0.354 e. The van der Waals surface area contributed by atoms with E-state index in [0.29, 0.717) is 5.92 Å². The summed E-state index contributed by atoms with van der Waals surface area (Å²) in [7, 11) is 0. The molecule has 1 atom stereocenters. The number of nitrogens with one attached hydrogen (secondary N) is 2. The van der Waals surface area contributed by atoms with E-state index >= 15 is 0 Å². The molecule has 2 aliphatic heterocycles. The molecule has 0 bridgehead atoms. The van der Waals surface area contributed by atoms with Crippen LogP contribution in [0.2, 0.25) is 0 Å². The summed E-state index contributed by atoms with van der Waals surface area (Å²) in [4.78, 5) is 2.56. The summed E-state index contributed by atoms with van der Waals surface area (Å²) in [6.45, 7) is 33.4. The monoisotopic (exact) mass is 544 g/mol. The molecule has 4 heteroatoms. The summed E-state index contributed by atoms with van der Waals surface area (Å²) < 4.78 is 0. The number of piperidine rings is 1. The Hall–Kier alpha value is -3.11. The number of hydrogen-bond acceptors (Lipinski definition) is 4. The predicted octanol–water partition coefficient (Wildman–Crippen LogP) is 9.28. The van der Waals surface area contributed by atoms with Gasteiger partial charge in [0, 0.05) is 24.7 Å². The van der Waals surface area contributed by atoms with Crippen LogP contribution in [0.5, 0.6) is 0 Å². The zero-order valence-corrected chi connectivity index (χ0v) is 26.6. The zero-order valence-electron chi connectivity index (χ0n) is 26.6. The van der Waals surface area contributed by atoms with Gasteiger partial charge >= 0.3 is 0 Å². The highest BCUT2D eigenvalue weighted by Crippen LogP contribution is 2.25. The van der Waals surface area contributed by atoms with Crippen molar-refractivity contribution in [2.24, 2.45) is 11.0 Å². The van der Waals surface area contributed by atoms with Gasteiger partial charge in [0.2, 0.25) is 0 Å². The van der Waals surface area contributed by atoms with Gasteiger partial charge in [-0.25, -0.2) is 0 Å². The molecule has 0 amide bonds. The lowest BCUT2D eigenvalue weighted by Crippen LogP contribution is -2.31. The number of hydrogen-bond donors (Lipinski definition) is 2. The number of likely N-dealkylation sites (tertiary alicyclic amines) is 1. The average molecular weight is 545 g/mol. The van der Waals surface area contributed by atoms with E-state index in [4.69, 9.17) is 0 Å². The van der Waals surface area contributed by atoms with Crippen LogP contribution in [-0.4, -0.2) is 30.2 Å². The maximum atomic E-state index is 4.54. The topological polar surface area (TPSA) is 39.7 Å². The lowest BCUT2D eigenvalue weighted by atomic mass is 9.90. The molecule has 0 aromatic heterocycles. The molecule has 0 aliphatic carbocycles. The summed E-state index contributed by atoms with van der Waals surface area (Å²) >= 11 is 0. The fourth-order valence-corrected chi connectivity index (χ4v) is 5.00. The van der Waals surface area contributed by atoms with Crippen molar-refractivity contribution in [1.82, 2.24) is 10.3 Å². The lowest BCUT2D eigenvalue weighted by Gasteiger charge is -2.27. The normalized spacial score (nSPS) is 16.3. The van der Waals surface area contributed by atoms with E-state index < -0.39 is 0 Å². The molecule has 1 fully saturated rings. The molecule has 0 radical (unpaired) electrons. The molecule has 1 unspecified atom stereocenters. The Morgan fingerprint density at radius 3 is 2.17 bits per heavy atom. The van der Waals surface area contributed by atoms with Gasteiger partial charge in [0.15, 0.2) is 0 Å². The standard InChI is InChI=1S/C23H34N4.C9H12.C2H6.C2H4/c1-17(2)14-21-10-11-24-26-23(21)19(4)25-22-9-8-20(15-18(22)3)16-27-12-6-5-7-13-27;1-7-4-5-8(2)9(3)6-7;2*1-2/h8-9,15,21,24-25H,1,4-7,10-14,16H2,2-3H3;4-6H,1-3H3;1-2H3;1-2H2. The molecule has 2 aromatic carbocycles. The van der Waals surface area contributed by atoms with Gasteiger partial charge in [-0.15, -0.1) is 19.7 Å². The van der Waals surface area contributed by atoms with Gasteiger partial charge in [-0.1, -0.05) is 68.3 Å². The van der Waals surface area contributed by atoms with Gasteiger partial charge in [0.05, 0.1) is 11.4 Å². The molecule has 2 aliphatic rings. The second-order valence-corrected chi connectivity index (χ2v) is 10.7. The number of rotatable bonds is 7. The molecule has 4 nitrogen and oxygen atoms in total. The molecule has 40 heavy (non-hydrogen) atoms. The fraction of sp³-hybridized carbons (Fsp3) is 0.472. The average Bonchev–Trinajstić information content (AvgIpc) is 2.95. The van der Waals surface area contributed by atoms with Gasteiger partial charge in [-0.2, -0.15) is 5.10 Å². The number of hydrazone groups is 1. The Kier molecular flexibility index (Phi) is 16.6. The van der Waals surface area contributed by atoms with E-state index in [-0.39, 0.29) is 0 Å². The highest BCUT2D eigenvalue weighted by molar-refractivity contribution is 6.04. The van der Waals surface area contributed by atoms with Crippen LogP contribution >= 0.6 is 0 Å². The number of benzene rings is 2. The van der Waals surface area contributed by atoms with E-state index in [1.807, 2.05) is 13.8 Å². The van der Waals surface area contributed by atoms with Crippen molar-refractivity contribution in [1.29, 1.82) is 0 Å². The van der Waals surface area contributed by atoms with E-state index in [0.717, 1.165) is 43.0 Å². The number of anilines is 1. The summed E-state index contributed by atoms with van der Waals surface area (Å²) in [6, 6.07) is 13.2. The van der Waals surface area contributed by atoms with Gasteiger partial charge in [-0.05, 0) is 102 Å². The van der Waals surface area contributed by atoms with Crippen LogP contribution in [0, 0.1) is 33.6 Å². The van der Waals surface area contributed by atoms with Crippen LogP contribution in [0.1, 0.15) is 80.7 Å². The van der Waals surface area contributed by atoms with E-state index in [1.54, 1.807) is 0 Å². The second kappa shape index (κ2) is 19.0. The van der Waals surface area contributed by atoms with Crippen LogP contribution in [0.25, 0.3) is 0 Å². The van der Waals surface area contributed by atoms with Crippen molar-refractivity contribution in [3.63, 3.8) is 0 Å². The summed E-state index contributed by atoms with van der Waals surface area (Å²) in [5.41, 5.74) is 14.1. The van der Waals surface area contributed by atoms with Crippen molar-refractivity contribution in [2.45, 2.75) is 87.1 Å². The van der Waals surface area contributed by atoms with Gasteiger partial charge < -0.3 is 10.7 Å². The Labute approximate surface area is 246 Å². The van der Waals surface area contributed by atoms with Crippen LogP contribution in [0.15, 0.2) is 79.1 Å². The SMILES string of the molecule is C=C.C=C(C)CC1CCNN=C1C(=C)Nc1ccc(CN2CCCCC2)cc1C.CC.Cc1ccc(C)c(C)c1. The highest BCUT2D eigenvalue weighted by Gasteiger charge is 2.22. The predicted molar refractivity (Wildman–Crippen MR) is 179 cm³/mol. The summed E-state index contributed by atoms with van der Waals surface area (Å²) in [6.07, 6.45) is 6.08. The minimum absolute atomic E-state index is 0.391. The molecule has 2 aromatic rings. The van der Waals surface area contributed by atoms with Crippen molar-refractivity contribution in [3.8, 4) is 0 Å². The van der Waals surface area contributed by atoms with Crippen LogP contribution in [0.3, 0.4) is 0 Å². The Morgan fingerprint density at radius 1 is 0.925 bits per heavy atom. The molecular weight excluding hydrogens is 488 g/mol. The third-order valence-corrected chi connectivity index (χ3v) is 7.19. The molecule has 2 N–H and O–H groups in total. The van der Waals surface area contributed by atoms with Crippen LogP contribution in [0.4, 0.5) is 5.69 Å². The third-order valence-electron chi connectivity index (χ3n) is 7.19. The zero-order chi connectivity index (χ0) is 30.1. The molecule has 1 saturated heterocycles. The maximum absolute atomic E-state index is 4.54. The van der Waals surface area contributed by atoms with Crippen molar-refractivity contribution < 1.29 is 0 Å². The first-order valence-electron chi connectivity index (χ1n) is 15.0. The molecule has 2 heterocycles. The maximum Gasteiger partial charge on any atom is 0.0865 e. The van der Waals surface area contributed by atoms with E-state index in [2.05, 4.69) is 118 Å². The van der Waals surface area contributed by atoms with Crippen molar-refractivity contribution in [3.05, 3.63) is 102 Å². The highest BCUT2D eigenvalue weighted by atomic mass is 15.3. The quantitative estimate of drug-likeness (QED) is 0.341. The third kappa shape index (κ3) is 12.0. The Balaban J connectivity index is 0.000000515. The molecule has 0 saturated carbocycles. The summed E-state index contributed by atoms with van der Waals surface area (Å²) in [5.74, 6) is 0.391. The molecule has 220 valence electrons.